The lowest BCUT2D eigenvalue weighted by atomic mass is 9.78. The zero-order chi connectivity index (χ0) is 10.9. The Morgan fingerprint density at radius 3 is 2.93 bits per heavy atom. The Hall–Kier alpha value is -0.610. The molecule has 0 aromatic heterocycles. The van der Waals surface area contributed by atoms with Gasteiger partial charge in [-0.15, -0.1) is 0 Å². The normalized spacial score (nSPS) is 32.9. The van der Waals surface area contributed by atoms with Gasteiger partial charge in [0.1, 0.15) is 0 Å². The summed E-state index contributed by atoms with van der Waals surface area (Å²) in [4.78, 5) is 16.4. The maximum atomic E-state index is 12.2. The molecule has 2 heterocycles. The molecule has 1 spiro atoms. The van der Waals surface area contributed by atoms with E-state index in [0.717, 1.165) is 45.4 Å². The quantitative estimate of drug-likeness (QED) is 0.693. The van der Waals surface area contributed by atoms with Gasteiger partial charge in [0.05, 0.1) is 5.41 Å². The molecule has 4 heteroatoms. The maximum absolute atomic E-state index is 12.2. The molecule has 2 rings (SSSR count). The summed E-state index contributed by atoms with van der Waals surface area (Å²) in [5.74, 6) is 0.355. The van der Waals surface area contributed by atoms with Crippen molar-refractivity contribution in [3.05, 3.63) is 0 Å². The van der Waals surface area contributed by atoms with E-state index in [9.17, 15) is 4.79 Å². The second-order valence-electron chi connectivity index (χ2n) is 4.93. The van der Waals surface area contributed by atoms with Crippen molar-refractivity contribution < 1.29 is 4.79 Å². The van der Waals surface area contributed by atoms with Gasteiger partial charge in [-0.25, -0.2) is 0 Å². The van der Waals surface area contributed by atoms with E-state index in [1.165, 1.54) is 0 Å². The molecule has 4 nitrogen and oxygen atoms in total. The summed E-state index contributed by atoms with van der Waals surface area (Å²) in [5.41, 5.74) is 5.48. The highest BCUT2D eigenvalue weighted by molar-refractivity contribution is 5.83. The third-order valence-corrected chi connectivity index (χ3v) is 3.83. The number of amides is 1. The maximum Gasteiger partial charge on any atom is 0.229 e. The minimum Gasteiger partial charge on any atom is -0.345 e. The number of carbonyl (C=O) groups excluding carboxylic acids is 1. The second kappa shape index (κ2) is 4.10. The van der Waals surface area contributed by atoms with Crippen molar-refractivity contribution in [2.45, 2.75) is 19.3 Å². The van der Waals surface area contributed by atoms with Crippen molar-refractivity contribution in [3.8, 4) is 0 Å². The Morgan fingerprint density at radius 2 is 2.20 bits per heavy atom. The Balaban J connectivity index is 2.04. The lowest BCUT2D eigenvalue weighted by Crippen LogP contribution is -2.48. The lowest BCUT2D eigenvalue weighted by molar-refractivity contribution is -0.143. The molecule has 0 saturated carbocycles. The van der Waals surface area contributed by atoms with E-state index in [2.05, 4.69) is 4.90 Å². The molecule has 0 aromatic carbocycles. The van der Waals surface area contributed by atoms with E-state index in [1.807, 2.05) is 11.9 Å². The Bertz CT molecular complexity index is 256. The summed E-state index contributed by atoms with van der Waals surface area (Å²) in [6.45, 7) is 4.51. The SMILES string of the molecule is CN1CCCC2(CCN(CCN)C2)C1=O. The predicted octanol–water partition coefficient (Wildman–Crippen LogP) is -0.111. The van der Waals surface area contributed by atoms with E-state index in [-0.39, 0.29) is 5.41 Å². The van der Waals surface area contributed by atoms with Crippen LogP contribution in [0.25, 0.3) is 0 Å². The number of nitrogens with two attached hydrogens (primary N) is 1. The fourth-order valence-corrected chi connectivity index (χ4v) is 2.98. The molecule has 86 valence electrons. The number of hydrogen-bond acceptors (Lipinski definition) is 3. The summed E-state index contributed by atoms with van der Waals surface area (Å²) in [5, 5.41) is 0. The zero-order valence-electron chi connectivity index (χ0n) is 9.54. The van der Waals surface area contributed by atoms with Crippen molar-refractivity contribution >= 4 is 5.91 Å². The molecular weight excluding hydrogens is 190 g/mol. The van der Waals surface area contributed by atoms with Crippen LogP contribution in [0.4, 0.5) is 0 Å². The van der Waals surface area contributed by atoms with E-state index < -0.39 is 0 Å². The lowest BCUT2D eigenvalue weighted by Gasteiger charge is -2.37. The fourth-order valence-electron chi connectivity index (χ4n) is 2.98. The van der Waals surface area contributed by atoms with Gasteiger partial charge in [0, 0.05) is 33.2 Å². The molecule has 1 atom stereocenters. The number of likely N-dealkylation sites (tertiary alicyclic amines) is 2. The highest BCUT2D eigenvalue weighted by Crippen LogP contribution is 2.39. The van der Waals surface area contributed by atoms with Gasteiger partial charge in [-0.2, -0.15) is 0 Å². The molecule has 2 aliphatic heterocycles. The van der Waals surface area contributed by atoms with Crippen LogP contribution < -0.4 is 5.73 Å². The molecule has 2 fully saturated rings. The van der Waals surface area contributed by atoms with E-state index >= 15 is 0 Å². The largest absolute Gasteiger partial charge is 0.345 e. The van der Waals surface area contributed by atoms with E-state index in [4.69, 9.17) is 5.73 Å². The average Bonchev–Trinajstić information content (AvgIpc) is 2.60. The Morgan fingerprint density at radius 1 is 1.40 bits per heavy atom. The van der Waals surface area contributed by atoms with Crippen molar-refractivity contribution in [1.82, 2.24) is 9.80 Å². The van der Waals surface area contributed by atoms with Crippen LogP contribution in [-0.2, 0) is 4.79 Å². The molecule has 2 saturated heterocycles. The Labute approximate surface area is 91.4 Å². The summed E-state index contributed by atoms with van der Waals surface area (Å²) < 4.78 is 0. The van der Waals surface area contributed by atoms with Crippen molar-refractivity contribution in [2.75, 3.05) is 39.8 Å². The van der Waals surface area contributed by atoms with E-state index in [1.54, 1.807) is 0 Å². The zero-order valence-corrected chi connectivity index (χ0v) is 9.54. The van der Waals surface area contributed by atoms with Crippen molar-refractivity contribution in [3.63, 3.8) is 0 Å². The van der Waals surface area contributed by atoms with Crippen LogP contribution in [0.15, 0.2) is 0 Å². The first kappa shape index (κ1) is 10.9. The van der Waals surface area contributed by atoms with Gasteiger partial charge >= 0.3 is 0 Å². The van der Waals surface area contributed by atoms with Gasteiger partial charge in [-0.3, -0.25) is 4.79 Å². The minimum absolute atomic E-state index is 0.0673. The van der Waals surface area contributed by atoms with Gasteiger partial charge in [0.2, 0.25) is 5.91 Å². The molecule has 1 unspecified atom stereocenters. The highest BCUT2D eigenvalue weighted by Gasteiger charge is 2.46. The number of nitrogens with zero attached hydrogens (tertiary/aromatic N) is 2. The predicted molar refractivity (Wildman–Crippen MR) is 59.4 cm³/mol. The number of carbonyl (C=O) groups is 1. The van der Waals surface area contributed by atoms with E-state index in [0.29, 0.717) is 12.5 Å². The van der Waals surface area contributed by atoms with Gasteiger partial charge in [0.15, 0.2) is 0 Å². The van der Waals surface area contributed by atoms with Crippen LogP contribution in [0.5, 0.6) is 0 Å². The molecule has 0 aromatic rings. The molecule has 0 bridgehead atoms. The molecule has 1 amide bonds. The first-order valence-corrected chi connectivity index (χ1v) is 5.86. The molecule has 2 aliphatic rings. The van der Waals surface area contributed by atoms with Crippen LogP contribution in [0.2, 0.25) is 0 Å². The monoisotopic (exact) mass is 211 g/mol. The fraction of sp³-hybridized carbons (Fsp3) is 0.909. The third kappa shape index (κ3) is 1.88. The van der Waals surface area contributed by atoms with Gasteiger partial charge in [-0.1, -0.05) is 0 Å². The molecule has 15 heavy (non-hydrogen) atoms. The van der Waals surface area contributed by atoms with Gasteiger partial charge < -0.3 is 15.5 Å². The van der Waals surface area contributed by atoms with Crippen LogP contribution in [-0.4, -0.2) is 55.5 Å². The standard InChI is InChI=1S/C11H21N3O/c1-13-6-2-3-11(10(13)15)4-7-14(9-11)8-5-12/h2-9,12H2,1H3. The third-order valence-electron chi connectivity index (χ3n) is 3.83. The minimum atomic E-state index is -0.0673. The first-order chi connectivity index (χ1) is 7.18. The van der Waals surface area contributed by atoms with Crippen LogP contribution in [0, 0.1) is 5.41 Å². The summed E-state index contributed by atoms with van der Waals surface area (Å²) in [7, 11) is 1.93. The van der Waals surface area contributed by atoms with Crippen LogP contribution in [0.1, 0.15) is 19.3 Å². The number of piperidine rings is 1. The van der Waals surface area contributed by atoms with Crippen LogP contribution >= 0.6 is 0 Å². The van der Waals surface area contributed by atoms with Crippen molar-refractivity contribution in [2.24, 2.45) is 11.1 Å². The highest BCUT2D eigenvalue weighted by atomic mass is 16.2. The van der Waals surface area contributed by atoms with Crippen LogP contribution in [0.3, 0.4) is 0 Å². The molecule has 2 N–H and O–H groups in total. The summed E-state index contributed by atoms with van der Waals surface area (Å²) >= 11 is 0. The second-order valence-corrected chi connectivity index (χ2v) is 4.93. The van der Waals surface area contributed by atoms with Gasteiger partial charge in [0.25, 0.3) is 0 Å². The average molecular weight is 211 g/mol. The smallest absolute Gasteiger partial charge is 0.229 e. The van der Waals surface area contributed by atoms with Crippen molar-refractivity contribution in [1.29, 1.82) is 0 Å². The number of hydrogen-bond donors (Lipinski definition) is 1. The molecular formula is C11H21N3O. The summed E-state index contributed by atoms with van der Waals surface area (Å²) in [6, 6.07) is 0. The first-order valence-electron chi connectivity index (χ1n) is 5.86. The summed E-state index contributed by atoms with van der Waals surface area (Å²) in [6.07, 6.45) is 3.24. The number of rotatable bonds is 2. The molecule has 0 aliphatic carbocycles. The topological polar surface area (TPSA) is 49.6 Å². The molecule has 0 radical (unpaired) electrons. The Kier molecular flexibility index (Phi) is 2.98. The van der Waals surface area contributed by atoms with Gasteiger partial charge in [-0.05, 0) is 25.8 Å².